The lowest BCUT2D eigenvalue weighted by atomic mass is 10.2. The summed E-state index contributed by atoms with van der Waals surface area (Å²) in [5, 5.41) is 15.1. The average Bonchev–Trinajstić information content (AvgIpc) is 3.02. The number of anilines is 1. The van der Waals surface area contributed by atoms with E-state index in [4.69, 9.17) is 5.73 Å². The number of nitrogens with zero attached hydrogens (tertiary/aromatic N) is 2. The lowest BCUT2D eigenvalue weighted by Crippen LogP contribution is -2.22. The van der Waals surface area contributed by atoms with Gasteiger partial charge >= 0.3 is 0 Å². The second-order valence-corrected chi connectivity index (χ2v) is 5.76. The molecule has 24 heavy (non-hydrogen) atoms. The number of aromatic nitrogens is 1. The Labute approximate surface area is 154 Å². The Bertz CT molecular complexity index is 820. The van der Waals surface area contributed by atoms with E-state index < -0.39 is 0 Å². The largest absolute Gasteiger partial charge is 0.508 e. The van der Waals surface area contributed by atoms with Crippen molar-refractivity contribution in [1.82, 2.24) is 4.98 Å². The second kappa shape index (κ2) is 8.47. The Morgan fingerprint density at radius 2 is 1.96 bits per heavy atom. The fourth-order valence-corrected chi connectivity index (χ4v) is 2.76. The first kappa shape index (κ1) is 18.0. The highest BCUT2D eigenvalue weighted by atomic mass is 79.9. The van der Waals surface area contributed by atoms with Crippen LogP contribution in [0.1, 0.15) is 5.56 Å². The molecule has 0 aliphatic heterocycles. The SMILES string of the molecule is Br.NC(=NCc1ccccc1)Nc1nc(-c2cccc(O)c2)cs1. The summed E-state index contributed by atoms with van der Waals surface area (Å²) in [7, 11) is 0. The maximum Gasteiger partial charge on any atom is 0.195 e. The number of thiazole rings is 1. The molecule has 0 saturated carbocycles. The van der Waals surface area contributed by atoms with Gasteiger partial charge in [-0.3, -0.25) is 0 Å². The van der Waals surface area contributed by atoms with Crippen LogP contribution < -0.4 is 11.1 Å². The van der Waals surface area contributed by atoms with Crippen LogP contribution in [0.25, 0.3) is 11.3 Å². The zero-order chi connectivity index (χ0) is 16.1. The molecule has 3 rings (SSSR count). The molecule has 1 heterocycles. The molecule has 0 atom stereocenters. The van der Waals surface area contributed by atoms with Gasteiger partial charge in [0, 0.05) is 10.9 Å². The van der Waals surface area contributed by atoms with Gasteiger partial charge < -0.3 is 16.2 Å². The minimum atomic E-state index is 0. The Kier molecular flexibility index (Phi) is 6.34. The lowest BCUT2D eigenvalue weighted by Gasteiger charge is -2.02. The first-order chi connectivity index (χ1) is 11.2. The quantitative estimate of drug-likeness (QED) is 0.452. The predicted octanol–water partition coefficient (Wildman–Crippen LogP) is 4.02. The van der Waals surface area contributed by atoms with Gasteiger partial charge in [0.2, 0.25) is 0 Å². The minimum Gasteiger partial charge on any atom is -0.508 e. The monoisotopic (exact) mass is 404 g/mol. The van der Waals surface area contributed by atoms with Gasteiger partial charge in [-0.15, -0.1) is 28.3 Å². The molecule has 0 aliphatic rings. The van der Waals surface area contributed by atoms with Crippen LogP contribution in [-0.4, -0.2) is 16.1 Å². The summed E-state index contributed by atoms with van der Waals surface area (Å²) in [6.07, 6.45) is 0. The van der Waals surface area contributed by atoms with Crippen LogP contribution in [-0.2, 0) is 6.54 Å². The number of phenolic OH excluding ortho intramolecular Hbond substituents is 1. The van der Waals surface area contributed by atoms with Crippen LogP contribution in [0, 0.1) is 0 Å². The molecule has 1 aromatic heterocycles. The number of hydrogen-bond acceptors (Lipinski definition) is 4. The zero-order valence-corrected chi connectivity index (χ0v) is 15.2. The van der Waals surface area contributed by atoms with Crippen molar-refractivity contribution in [2.24, 2.45) is 10.7 Å². The Morgan fingerprint density at radius 1 is 1.17 bits per heavy atom. The molecule has 0 unspecified atom stereocenters. The zero-order valence-electron chi connectivity index (χ0n) is 12.7. The molecule has 0 fully saturated rings. The molecule has 0 radical (unpaired) electrons. The Morgan fingerprint density at radius 3 is 2.71 bits per heavy atom. The van der Waals surface area contributed by atoms with Gasteiger partial charge in [0.05, 0.1) is 12.2 Å². The highest BCUT2D eigenvalue weighted by molar-refractivity contribution is 8.93. The van der Waals surface area contributed by atoms with Crippen LogP contribution in [0.3, 0.4) is 0 Å². The summed E-state index contributed by atoms with van der Waals surface area (Å²) in [5.74, 6) is 0.541. The molecule has 7 heteroatoms. The second-order valence-electron chi connectivity index (χ2n) is 4.90. The molecule has 0 amide bonds. The third-order valence-electron chi connectivity index (χ3n) is 3.16. The lowest BCUT2D eigenvalue weighted by molar-refractivity contribution is 0.475. The van der Waals surface area contributed by atoms with Gasteiger partial charge in [0.1, 0.15) is 5.75 Å². The molecule has 0 bridgehead atoms. The van der Waals surface area contributed by atoms with E-state index in [1.54, 1.807) is 18.2 Å². The number of phenols is 1. The van der Waals surface area contributed by atoms with E-state index in [1.165, 1.54) is 11.3 Å². The van der Waals surface area contributed by atoms with Crippen LogP contribution in [0.2, 0.25) is 0 Å². The Hall–Kier alpha value is -2.38. The molecule has 4 N–H and O–H groups in total. The summed E-state index contributed by atoms with van der Waals surface area (Å²) in [6.45, 7) is 0.518. The van der Waals surface area contributed by atoms with E-state index in [9.17, 15) is 5.11 Å². The third kappa shape index (κ3) is 4.81. The van der Waals surface area contributed by atoms with Crippen molar-refractivity contribution in [3.8, 4) is 17.0 Å². The molecule has 5 nitrogen and oxygen atoms in total. The summed E-state index contributed by atoms with van der Waals surface area (Å²) in [6, 6.07) is 16.9. The fraction of sp³-hybridized carbons (Fsp3) is 0.0588. The number of rotatable bonds is 4. The summed E-state index contributed by atoms with van der Waals surface area (Å²) >= 11 is 1.44. The smallest absolute Gasteiger partial charge is 0.195 e. The topological polar surface area (TPSA) is 83.5 Å². The number of hydrogen-bond donors (Lipinski definition) is 3. The Balaban J connectivity index is 0.00000208. The molecule has 3 aromatic rings. The number of halogens is 1. The standard InChI is InChI=1S/C17H16N4OS.BrH/c18-16(19-10-12-5-2-1-3-6-12)21-17-20-15(11-23-17)13-7-4-8-14(22)9-13;/h1-9,11,22H,10H2,(H3,18,19,20,21);1H. The predicted molar refractivity (Wildman–Crippen MR) is 105 cm³/mol. The molecule has 0 spiro atoms. The van der Waals surface area contributed by atoms with Crippen LogP contribution in [0.5, 0.6) is 5.75 Å². The van der Waals surface area contributed by atoms with Crippen molar-refractivity contribution in [3.63, 3.8) is 0 Å². The van der Waals surface area contributed by atoms with Crippen molar-refractivity contribution < 1.29 is 5.11 Å². The summed E-state index contributed by atoms with van der Waals surface area (Å²) < 4.78 is 0. The van der Waals surface area contributed by atoms with Crippen molar-refractivity contribution in [2.45, 2.75) is 6.54 Å². The van der Waals surface area contributed by atoms with Crippen LogP contribution >= 0.6 is 28.3 Å². The van der Waals surface area contributed by atoms with Crippen molar-refractivity contribution in [1.29, 1.82) is 0 Å². The highest BCUT2D eigenvalue weighted by Crippen LogP contribution is 2.26. The third-order valence-corrected chi connectivity index (χ3v) is 3.91. The molecule has 124 valence electrons. The molecular weight excluding hydrogens is 388 g/mol. The van der Waals surface area contributed by atoms with Gasteiger partial charge in [0.15, 0.2) is 11.1 Å². The van der Waals surface area contributed by atoms with Gasteiger partial charge in [-0.1, -0.05) is 42.5 Å². The number of guanidine groups is 1. The molecule has 0 saturated heterocycles. The maximum absolute atomic E-state index is 9.53. The number of nitrogens with two attached hydrogens (primary N) is 1. The first-order valence-corrected chi connectivity index (χ1v) is 7.94. The summed E-state index contributed by atoms with van der Waals surface area (Å²) in [5.41, 5.74) is 8.62. The number of aliphatic imine (C=N–C) groups is 1. The normalized spacial score (nSPS) is 10.9. The van der Waals surface area contributed by atoms with Crippen molar-refractivity contribution >= 4 is 39.4 Å². The van der Waals surface area contributed by atoms with E-state index >= 15 is 0 Å². The molecule has 0 aliphatic carbocycles. The number of benzene rings is 2. The molecule has 2 aromatic carbocycles. The molecular formula is C17H17BrN4OS. The first-order valence-electron chi connectivity index (χ1n) is 7.06. The van der Waals surface area contributed by atoms with Crippen LogP contribution in [0.15, 0.2) is 65.0 Å². The minimum absolute atomic E-state index is 0. The van der Waals surface area contributed by atoms with E-state index in [2.05, 4.69) is 15.3 Å². The van der Waals surface area contributed by atoms with Crippen molar-refractivity contribution in [3.05, 3.63) is 65.5 Å². The van der Waals surface area contributed by atoms with E-state index in [0.717, 1.165) is 16.8 Å². The van der Waals surface area contributed by atoms with E-state index in [1.807, 2.05) is 41.8 Å². The van der Waals surface area contributed by atoms with Gasteiger partial charge in [0.25, 0.3) is 0 Å². The fourth-order valence-electron chi connectivity index (χ4n) is 2.04. The highest BCUT2D eigenvalue weighted by Gasteiger charge is 2.06. The van der Waals surface area contributed by atoms with Crippen molar-refractivity contribution in [2.75, 3.05) is 5.32 Å². The van der Waals surface area contributed by atoms with Gasteiger partial charge in [-0.25, -0.2) is 9.98 Å². The number of aromatic hydroxyl groups is 1. The van der Waals surface area contributed by atoms with E-state index in [0.29, 0.717) is 17.6 Å². The number of nitrogens with one attached hydrogen (secondary N) is 1. The van der Waals surface area contributed by atoms with E-state index in [-0.39, 0.29) is 22.7 Å². The summed E-state index contributed by atoms with van der Waals surface area (Å²) in [4.78, 5) is 8.75. The van der Waals surface area contributed by atoms with Gasteiger partial charge in [-0.2, -0.15) is 0 Å². The maximum atomic E-state index is 9.53. The average molecular weight is 405 g/mol. The van der Waals surface area contributed by atoms with Gasteiger partial charge in [-0.05, 0) is 17.7 Å². The van der Waals surface area contributed by atoms with Crippen LogP contribution in [0.4, 0.5) is 5.13 Å².